The minimum atomic E-state index is -0.963. The van der Waals surface area contributed by atoms with Gasteiger partial charge in [0.25, 0.3) is 5.91 Å². The van der Waals surface area contributed by atoms with Crippen molar-refractivity contribution in [3.05, 3.63) is 130 Å². The molecule has 4 aromatic carbocycles. The summed E-state index contributed by atoms with van der Waals surface area (Å²) in [5.41, 5.74) is 3.39. The minimum Gasteiger partial charge on any atom is -0.506 e. The van der Waals surface area contributed by atoms with Crippen LogP contribution in [0.15, 0.2) is 102 Å². The van der Waals surface area contributed by atoms with E-state index in [1.165, 1.54) is 19.2 Å². The van der Waals surface area contributed by atoms with Crippen molar-refractivity contribution in [2.24, 2.45) is 5.92 Å². The molecule has 4 heterocycles. The Morgan fingerprint density at radius 3 is 2.47 bits per heavy atom. The van der Waals surface area contributed by atoms with E-state index >= 15 is 0 Å². The van der Waals surface area contributed by atoms with Crippen molar-refractivity contribution in [2.45, 2.75) is 37.6 Å². The van der Waals surface area contributed by atoms with E-state index in [4.69, 9.17) is 9.47 Å². The van der Waals surface area contributed by atoms with Gasteiger partial charge in [0.1, 0.15) is 17.2 Å². The molecule has 3 aliphatic rings. The number of phenols is 1. The molecule has 5 aromatic rings. The predicted octanol–water partition coefficient (Wildman–Crippen LogP) is 5.25. The molecule has 0 radical (unpaired) electrons. The maximum absolute atomic E-state index is 13.1. The van der Waals surface area contributed by atoms with Crippen molar-refractivity contribution < 1.29 is 34.4 Å². The van der Waals surface area contributed by atoms with Crippen LogP contribution in [0.1, 0.15) is 47.2 Å². The molecule has 3 saturated heterocycles. The van der Waals surface area contributed by atoms with Gasteiger partial charge in [-0.1, -0.05) is 54.6 Å². The number of phenolic OH excluding ortho intramolecular Hbond substituents is 1. The van der Waals surface area contributed by atoms with E-state index in [1.807, 2.05) is 54.6 Å². The van der Waals surface area contributed by atoms with Crippen molar-refractivity contribution >= 4 is 28.6 Å². The number of carbonyl (C=O) groups is 2. The molecule has 1 aromatic heterocycles. The summed E-state index contributed by atoms with van der Waals surface area (Å²) >= 11 is 0. The summed E-state index contributed by atoms with van der Waals surface area (Å²) in [6, 6.07) is 27.5. The topological polar surface area (TPSA) is 177 Å². The number of aliphatic hydroxyl groups is 1. The Morgan fingerprint density at radius 1 is 0.964 bits per heavy atom. The number of nitrogens with one attached hydrogen (secondary N) is 3. The van der Waals surface area contributed by atoms with Gasteiger partial charge in [-0.3, -0.25) is 14.5 Å². The monoisotopic (exact) mass is 747 g/mol. The van der Waals surface area contributed by atoms with Gasteiger partial charge in [0.05, 0.1) is 30.8 Å². The number of carbonyl (C=O) groups excluding carboxylic acids is 1. The summed E-state index contributed by atoms with van der Waals surface area (Å²) in [7, 11) is 1.53. The number of aromatic amines is 1. The molecule has 6 N–H and O–H groups in total. The number of pyridine rings is 1. The summed E-state index contributed by atoms with van der Waals surface area (Å²) in [5, 5.41) is 38.3. The molecule has 0 unspecified atom stereocenters. The molecule has 0 saturated carbocycles. The van der Waals surface area contributed by atoms with E-state index in [9.17, 15) is 29.7 Å². The molecule has 0 spiro atoms. The zero-order valence-electron chi connectivity index (χ0n) is 30.5. The number of carboxylic acid groups (broad SMARTS) is 1. The van der Waals surface area contributed by atoms with Crippen molar-refractivity contribution in [1.29, 1.82) is 0 Å². The number of aromatic hydroxyl groups is 1. The molecule has 55 heavy (non-hydrogen) atoms. The number of benzene rings is 4. The smallest absolute Gasteiger partial charge is 0.408 e. The highest BCUT2D eigenvalue weighted by atomic mass is 16.5. The number of H-pyrrole nitrogens is 1. The largest absolute Gasteiger partial charge is 0.506 e. The fourth-order valence-corrected chi connectivity index (χ4v) is 7.93. The average Bonchev–Trinajstić information content (AvgIpc) is 3.20. The second kappa shape index (κ2) is 16.6. The third kappa shape index (κ3) is 8.44. The molecule has 2 bridgehead atoms. The van der Waals surface area contributed by atoms with Crippen molar-refractivity contribution in [3.8, 4) is 17.2 Å². The Bertz CT molecular complexity index is 2200. The maximum atomic E-state index is 13.1. The normalized spacial score (nSPS) is 18.7. The fourth-order valence-electron chi connectivity index (χ4n) is 7.93. The van der Waals surface area contributed by atoms with Crippen LogP contribution in [0, 0.1) is 5.92 Å². The van der Waals surface area contributed by atoms with Gasteiger partial charge in [0.15, 0.2) is 6.61 Å². The van der Waals surface area contributed by atoms with Gasteiger partial charge < -0.3 is 45.3 Å². The molecule has 0 aliphatic carbocycles. The number of methoxy groups -OCH3 is 1. The van der Waals surface area contributed by atoms with Gasteiger partial charge in [-0.2, -0.15) is 0 Å². The van der Waals surface area contributed by atoms with Crippen LogP contribution in [0.3, 0.4) is 0 Å². The van der Waals surface area contributed by atoms with E-state index in [-0.39, 0.29) is 41.9 Å². The Labute approximate surface area is 318 Å². The summed E-state index contributed by atoms with van der Waals surface area (Å²) < 4.78 is 11.5. The molecule has 286 valence electrons. The Kier molecular flexibility index (Phi) is 11.3. The second-order valence-electron chi connectivity index (χ2n) is 14.1. The minimum absolute atomic E-state index is 0.0784. The molecule has 13 nitrogen and oxygen atoms in total. The molecule has 8 rings (SSSR count). The lowest BCUT2D eigenvalue weighted by atomic mass is 9.81. The van der Waals surface area contributed by atoms with Gasteiger partial charge in [-0.25, -0.2) is 4.79 Å². The number of anilines is 1. The van der Waals surface area contributed by atoms with Crippen molar-refractivity contribution in [1.82, 2.24) is 20.1 Å². The molecule has 3 fully saturated rings. The summed E-state index contributed by atoms with van der Waals surface area (Å²) in [4.78, 5) is 44.4. The van der Waals surface area contributed by atoms with E-state index in [1.54, 1.807) is 35.2 Å². The third-order valence-corrected chi connectivity index (χ3v) is 10.6. The highest BCUT2D eigenvalue weighted by Gasteiger charge is 2.43. The number of rotatable bonds is 14. The number of fused-ring (bicyclic) bond motifs is 4. The molecular formula is C42H45N5O8. The number of ether oxygens (including phenoxy) is 2. The van der Waals surface area contributed by atoms with Crippen LogP contribution in [0.5, 0.6) is 17.2 Å². The quantitative estimate of drug-likeness (QED) is 0.0881. The first-order chi connectivity index (χ1) is 26.7. The second-order valence-corrected chi connectivity index (χ2v) is 14.1. The Balaban J connectivity index is 0.981. The molecule has 3 aliphatic heterocycles. The summed E-state index contributed by atoms with van der Waals surface area (Å²) in [6.07, 6.45) is 0.0741. The van der Waals surface area contributed by atoms with Gasteiger partial charge in [-0.15, -0.1) is 0 Å². The lowest BCUT2D eigenvalue weighted by Crippen LogP contribution is -2.59. The number of hydrogen-bond acceptors (Lipinski definition) is 9. The lowest BCUT2D eigenvalue weighted by Gasteiger charge is -2.50. The first kappa shape index (κ1) is 37.4. The zero-order valence-corrected chi connectivity index (χ0v) is 30.5. The summed E-state index contributed by atoms with van der Waals surface area (Å²) in [5.74, 6) is 0.815. The van der Waals surface area contributed by atoms with Crippen molar-refractivity contribution in [3.63, 3.8) is 0 Å². The van der Waals surface area contributed by atoms with Crippen LogP contribution in [-0.4, -0.2) is 88.0 Å². The Morgan fingerprint density at radius 2 is 1.75 bits per heavy atom. The average molecular weight is 748 g/mol. The first-order valence-corrected chi connectivity index (χ1v) is 18.4. The van der Waals surface area contributed by atoms with E-state index in [0.717, 1.165) is 42.6 Å². The highest BCUT2D eigenvalue weighted by molar-refractivity contribution is 5.92. The van der Waals surface area contributed by atoms with Crippen LogP contribution < -0.4 is 25.7 Å². The van der Waals surface area contributed by atoms with Gasteiger partial charge in [-0.05, 0) is 78.9 Å². The lowest BCUT2D eigenvalue weighted by molar-refractivity contribution is -0.118. The fraction of sp³-hybridized carbons (Fsp3) is 0.310. The number of aliphatic hydroxyl groups excluding tert-OH is 1. The third-order valence-electron chi connectivity index (χ3n) is 10.6. The SMILES string of the molecule is COc1cc(NC(=O)COc2cccc([C@H](c3ccccc3)N(C(=O)O)[C@H]3CN4CCC3CC4)c2)ccc1CNC[C@H](O)c1ccc(O)c2[nH]c(=O)ccc12. The standard InChI is InChI=1S/C42H45N5O8/c1-54-37-21-30(11-10-29(37)22-43-23-36(49)32-12-14-35(48)40-33(32)13-15-38(50)45-40)44-39(51)25-55-31-9-5-8-28(20-31)41(27-6-3-2-4-7-27)47(42(52)53)34-24-46-18-16-26(34)17-19-46/h2-15,20-21,26,34,36,41,43,48-49H,16-19,22-25H2,1H3,(H,44,51)(H,45,50)(H,52,53)/t34-,36-,41-/m0/s1. The van der Waals surface area contributed by atoms with Crippen LogP contribution >= 0.6 is 0 Å². The van der Waals surface area contributed by atoms with Gasteiger partial charge >= 0.3 is 6.09 Å². The number of aromatic nitrogens is 1. The van der Waals surface area contributed by atoms with Crippen LogP contribution in [0.4, 0.5) is 10.5 Å². The van der Waals surface area contributed by atoms with Gasteiger partial charge in [0, 0.05) is 48.4 Å². The summed E-state index contributed by atoms with van der Waals surface area (Å²) in [6.45, 7) is 2.98. The van der Waals surface area contributed by atoms with Crippen LogP contribution in [-0.2, 0) is 11.3 Å². The zero-order chi connectivity index (χ0) is 38.5. The number of piperidine rings is 3. The van der Waals surface area contributed by atoms with E-state index < -0.39 is 18.2 Å². The van der Waals surface area contributed by atoms with E-state index in [0.29, 0.717) is 47.1 Å². The van der Waals surface area contributed by atoms with Crippen LogP contribution in [0.2, 0.25) is 0 Å². The first-order valence-electron chi connectivity index (χ1n) is 18.4. The number of nitrogens with zero attached hydrogens (tertiary/aromatic N) is 2. The molecule has 13 heteroatoms. The molecule has 2 amide bonds. The maximum Gasteiger partial charge on any atom is 0.408 e. The Hall–Kier alpha value is -5.89. The molecular weight excluding hydrogens is 702 g/mol. The number of amides is 2. The van der Waals surface area contributed by atoms with Crippen LogP contribution in [0.25, 0.3) is 10.9 Å². The number of hydrogen-bond donors (Lipinski definition) is 6. The molecule has 3 atom stereocenters. The highest BCUT2D eigenvalue weighted by Crippen LogP contribution is 2.39. The van der Waals surface area contributed by atoms with E-state index in [2.05, 4.69) is 20.5 Å². The van der Waals surface area contributed by atoms with Crippen molar-refractivity contribution in [2.75, 3.05) is 45.2 Å². The predicted molar refractivity (Wildman–Crippen MR) is 208 cm³/mol. The van der Waals surface area contributed by atoms with Gasteiger partial charge in [0.2, 0.25) is 5.56 Å².